The molecule has 2 saturated heterocycles. The summed E-state index contributed by atoms with van der Waals surface area (Å²) in [6.45, 7) is 3.42. The molecular weight excluding hydrogens is 402 g/mol. The molecule has 4 rings (SSSR count). The summed E-state index contributed by atoms with van der Waals surface area (Å²) >= 11 is 0. The summed E-state index contributed by atoms with van der Waals surface area (Å²) in [5.41, 5.74) is 0.214. The van der Waals surface area contributed by atoms with E-state index in [-0.39, 0.29) is 29.5 Å². The van der Waals surface area contributed by atoms with Crippen molar-refractivity contribution in [1.82, 2.24) is 14.8 Å². The average molecular weight is 427 g/mol. The van der Waals surface area contributed by atoms with Crippen molar-refractivity contribution in [2.24, 2.45) is 5.92 Å². The monoisotopic (exact) mass is 427 g/mol. The molecule has 2 aromatic rings. The first-order valence-electron chi connectivity index (χ1n) is 10.4. The van der Waals surface area contributed by atoms with E-state index in [0.717, 1.165) is 6.42 Å². The number of furan rings is 1. The Kier molecular flexibility index (Phi) is 6.11. The lowest BCUT2D eigenvalue weighted by Gasteiger charge is -2.33. The second kappa shape index (κ2) is 9.12. The number of piperidine rings is 1. The highest BCUT2D eigenvalue weighted by molar-refractivity contribution is 5.79. The van der Waals surface area contributed by atoms with Gasteiger partial charge in [0.15, 0.2) is 5.76 Å². The van der Waals surface area contributed by atoms with E-state index in [4.69, 9.17) is 13.6 Å². The normalized spacial score (nSPS) is 17.9. The largest absolute Gasteiger partial charge is 0.459 e. The zero-order valence-corrected chi connectivity index (χ0v) is 17.5. The van der Waals surface area contributed by atoms with Crippen LogP contribution < -0.4 is 4.90 Å². The number of carbonyl (C=O) groups excluding carboxylic acids is 2. The van der Waals surface area contributed by atoms with Crippen molar-refractivity contribution in [3.63, 3.8) is 0 Å². The molecular formula is C21H25N5O5. The Balaban J connectivity index is 1.36. The maximum absolute atomic E-state index is 13.1. The fourth-order valence-corrected chi connectivity index (χ4v) is 4.14. The van der Waals surface area contributed by atoms with Crippen molar-refractivity contribution in [3.05, 3.63) is 24.1 Å². The third kappa shape index (κ3) is 4.35. The second-order valence-electron chi connectivity index (χ2n) is 7.66. The number of rotatable bonds is 3. The zero-order chi connectivity index (χ0) is 21.8. The lowest BCUT2D eigenvalue weighted by Crippen LogP contribution is -2.44. The molecule has 0 spiro atoms. The number of anilines is 1. The molecule has 0 aromatic carbocycles. The van der Waals surface area contributed by atoms with Gasteiger partial charge in [0.25, 0.3) is 5.89 Å². The number of carbonyl (C=O) groups is 2. The van der Waals surface area contributed by atoms with Gasteiger partial charge in [-0.05, 0) is 31.4 Å². The van der Waals surface area contributed by atoms with Gasteiger partial charge < -0.3 is 28.3 Å². The third-order valence-corrected chi connectivity index (χ3v) is 5.82. The Morgan fingerprint density at radius 1 is 1.16 bits per heavy atom. The van der Waals surface area contributed by atoms with Gasteiger partial charge in [0.2, 0.25) is 17.5 Å². The molecule has 10 heteroatoms. The minimum Gasteiger partial charge on any atom is -0.459 e. The van der Waals surface area contributed by atoms with Crippen LogP contribution in [0.3, 0.4) is 0 Å². The van der Waals surface area contributed by atoms with E-state index >= 15 is 0 Å². The predicted octanol–water partition coefficient (Wildman–Crippen LogP) is 2.32. The summed E-state index contributed by atoms with van der Waals surface area (Å²) < 4.78 is 15.9. The molecule has 0 radical (unpaired) electrons. The molecule has 0 N–H and O–H groups in total. The van der Waals surface area contributed by atoms with E-state index in [1.807, 2.05) is 9.80 Å². The molecule has 10 nitrogen and oxygen atoms in total. The highest BCUT2D eigenvalue weighted by Crippen LogP contribution is 2.31. The van der Waals surface area contributed by atoms with Gasteiger partial charge in [-0.2, -0.15) is 10.2 Å². The number of aromatic nitrogens is 1. The van der Waals surface area contributed by atoms with Crippen LogP contribution in [0.2, 0.25) is 0 Å². The molecule has 4 heterocycles. The molecule has 0 unspecified atom stereocenters. The number of nitrogens with zero attached hydrogens (tertiary/aromatic N) is 5. The van der Waals surface area contributed by atoms with Gasteiger partial charge in [0.05, 0.1) is 13.4 Å². The number of amides is 2. The lowest BCUT2D eigenvalue weighted by molar-refractivity contribution is -0.136. The molecule has 0 bridgehead atoms. The summed E-state index contributed by atoms with van der Waals surface area (Å²) in [5, 5.41) is 9.45. The average Bonchev–Trinajstić information content (AvgIpc) is 3.43. The highest BCUT2D eigenvalue weighted by atomic mass is 16.5. The molecule has 0 atom stereocenters. The Morgan fingerprint density at radius 2 is 1.90 bits per heavy atom. The number of nitriles is 1. The summed E-state index contributed by atoms with van der Waals surface area (Å²) in [5.74, 6) is 1.20. The molecule has 2 aliphatic heterocycles. The molecule has 2 fully saturated rings. The van der Waals surface area contributed by atoms with Crippen molar-refractivity contribution in [1.29, 1.82) is 5.26 Å². The molecule has 0 aliphatic carbocycles. The number of methoxy groups -OCH3 is 1. The van der Waals surface area contributed by atoms with Gasteiger partial charge in [-0.15, -0.1) is 0 Å². The number of ether oxygens (including phenoxy) is 1. The van der Waals surface area contributed by atoms with Crippen molar-refractivity contribution >= 4 is 17.9 Å². The first kappa shape index (κ1) is 20.8. The highest BCUT2D eigenvalue weighted by Gasteiger charge is 2.32. The maximum Gasteiger partial charge on any atom is 0.409 e. The van der Waals surface area contributed by atoms with Crippen molar-refractivity contribution in [3.8, 4) is 17.7 Å². The summed E-state index contributed by atoms with van der Waals surface area (Å²) in [7, 11) is 1.37. The fourth-order valence-electron chi connectivity index (χ4n) is 4.14. The van der Waals surface area contributed by atoms with Crippen LogP contribution in [-0.2, 0) is 9.53 Å². The standard InChI is InChI=1S/C21H25N5O5/c1-29-21(28)26-8-3-7-24(11-12-26)19(27)15-5-9-25(10-6-15)20-16(14-22)23-18(31-20)17-4-2-13-30-17/h2,4,13,15H,3,5-12H2,1H3. The summed E-state index contributed by atoms with van der Waals surface area (Å²) in [6, 6.07) is 5.54. The first-order valence-corrected chi connectivity index (χ1v) is 10.4. The minimum atomic E-state index is -0.350. The molecule has 2 aliphatic rings. The van der Waals surface area contributed by atoms with Gasteiger partial charge >= 0.3 is 6.09 Å². The van der Waals surface area contributed by atoms with Crippen molar-refractivity contribution < 1.29 is 23.2 Å². The van der Waals surface area contributed by atoms with Crippen LogP contribution in [0.1, 0.15) is 25.0 Å². The van der Waals surface area contributed by atoms with E-state index in [2.05, 4.69) is 11.1 Å². The zero-order valence-electron chi connectivity index (χ0n) is 17.5. The molecule has 31 heavy (non-hydrogen) atoms. The Bertz CT molecular complexity index is 955. The van der Waals surface area contributed by atoms with Gasteiger partial charge in [-0.25, -0.2) is 4.79 Å². The van der Waals surface area contributed by atoms with Crippen LogP contribution in [0.4, 0.5) is 10.7 Å². The van der Waals surface area contributed by atoms with Crippen LogP contribution in [0.5, 0.6) is 0 Å². The third-order valence-electron chi connectivity index (χ3n) is 5.82. The quantitative estimate of drug-likeness (QED) is 0.733. The first-order chi connectivity index (χ1) is 15.1. The number of hydrogen-bond donors (Lipinski definition) is 0. The Morgan fingerprint density at radius 3 is 2.58 bits per heavy atom. The van der Waals surface area contributed by atoms with Crippen molar-refractivity contribution in [2.75, 3.05) is 51.3 Å². The lowest BCUT2D eigenvalue weighted by atomic mass is 9.95. The molecule has 0 saturated carbocycles. The maximum atomic E-state index is 13.1. The van der Waals surface area contributed by atoms with Crippen molar-refractivity contribution in [2.45, 2.75) is 19.3 Å². The number of oxazole rings is 1. The van der Waals surface area contributed by atoms with E-state index in [0.29, 0.717) is 63.8 Å². The SMILES string of the molecule is COC(=O)N1CCCN(C(=O)C2CCN(c3oc(-c4ccco4)nc3C#N)CC2)CC1. The Labute approximate surface area is 180 Å². The topological polar surface area (TPSA) is 116 Å². The molecule has 2 amide bonds. The summed E-state index contributed by atoms with van der Waals surface area (Å²) in [4.78, 5) is 34.5. The minimum absolute atomic E-state index is 0.0843. The van der Waals surface area contributed by atoms with Gasteiger partial charge in [-0.1, -0.05) is 0 Å². The molecule has 2 aromatic heterocycles. The predicted molar refractivity (Wildman–Crippen MR) is 109 cm³/mol. The van der Waals surface area contributed by atoms with Crippen LogP contribution in [0.15, 0.2) is 27.2 Å². The van der Waals surface area contributed by atoms with E-state index in [9.17, 15) is 14.9 Å². The van der Waals surface area contributed by atoms with Crippen LogP contribution in [0.25, 0.3) is 11.7 Å². The summed E-state index contributed by atoms with van der Waals surface area (Å²) in [6.07, 6.45) is 3.24. The van der Waals surface area contributed by atoms with E-state index < -0.39 is 0 Å². The van der Waals surface area contributed by atoms with E-state index in [1.165, 1.54) is 13.4 Å². The number of hydrogen-bond acceptors (Lipinski definition) is 8. The fraction of sp³-hybridized carbons (Fsp3) is 0.524. The van der Waals surface area contributed by atoms with Gasteiger partial charge in [-0.3, -0.25) is 4.79 Å². The van der Waals surface area contributed by atoms with Crippen LogP contribution >= 0.6 is 0 Å². The van der Waals surface area contributed by atoms with Gasteiger partial charge in [0, 0.05) is 45.2 Å². The molecule has 164 valence electrons. The van der Waals surface area contributed by atoms with E-state index in [1.54, 1.807) is 17.0 Å². The van der Waals surface area contributed by atoms with Crippen LogP contribution in [-0.4, -0.2) is 73.2 Å². The second-order valence-corrected chi connectivity index (χ2v) is 7.66. The smallest absolute Gasteiger partial charge is 0.409 e. The Hall–Kier alpha value is -3.48. The van der Waals surface area contributed by atoms with Gasteiger partial charge in [0.1, 0.15) is 6.07 Å². The van der Waals surface area contributed by atoms with Crippen LogP contribution in [0, 0.1) is 17.2 Å².